The molecule has 7 nitrogen and oxygen atoms in total. The van der Waals surface area contributed by atoms with Crippen LogP contribution in [0.4, 0.5) is 0 Å². The normalized spacial score (nSPS) is 20.7. The molecule has 0 aromatic heterocycles. The topological polar surface area (TPSA) is 99.1 Å². The van der Waals surface area contributed by atoms with Gasteiger partial charge in [-0.25, -0.2) is 0 Å². The quantitative estimate of drug-likeness (QED) is 0.459. The summed E-state index contributed by atoms with van der Waals surface area (Å²) in [5, 5.41) is 10.3. The molecule has 0 fully saturated rings. The Morgan fingerprint density at radius 3 is 2.48 bits per heavy atom. The standard InChI is InChI=1S/C23H29O7P/c1-6-29-31(27,30-7-2)22-16(21(26)15-10-14(3)8-9-17(15)24)13-28-19-12-23(4,5)11-18(25)20(19)22/h8-10,13,22,24H,6-7,11-12H2,1-5H3. The fourth-order valence-electron chi connectivity index (χ4n) is 4.08. The van der Waals surface area contributed by atoms with Crippen molar-refractivity contribution in [3.8, 4) is 5.75 Å². The second kappa shape index (κ2) is 8.73. The first kappa shape index (κ1) is 23.5. The van der Waals surface area contributed by atoms with Crippen LogP contribution in [-0.4, -0.2) is 35.5 Å². The number of hydrogen-bond acceptors (Lipinski definition) is 7. The molecule has 168 valence electrons. The van der Waals surface area contributed by atoms with E-state index in [1.807, 2.05) is 13.8 Å². The first-order chi connectivity index (χ1) is 14.5. The van der Waals surface area contributed by atoms with Crippen LogP contribution in [0.2, 0.25) is 0 Å². The van der Waals surface area contributed by atoms with E-state index < -0.39 is 19.0 Å². The third kappa shape index (κ3) is 4.54. The van der Waals surface area contributed by atoms with Gasteiger partial charge in [-0.3, -0.25) is 14.2 Å². The summed E-state index contributed by atoms with van der Waals surface area (Å²) in [6, 6.07) is 4.64. The van der Waals surface area contributed by atoms with Gasteiger partial charge in [-0.05, 0) is 38.3 Å². The van der Waals surface area contributed by atoms with E-state index in [4.69, 9.17) is 13.8 Å². The van der Waals surface area contributed by atoms with Crippen molar-refractivity contribution in [1.82, 2.24) is 0 Å². The number of phenolic OH excluding ortho intramolecular Hbond substituents is 1. The van der Waals surface area contributed by atoms with Crippen LogP contribution < -0.4 is 0 Å². The zero-order chi connectivity index (χ0) is 23.0. The number of carbonyl (C=O) groups excluding carboxylic acids is 2. The first-order valence-electron chi connectivity index (χ1n) is 10.4. The maximum atomic E-state index is 13.9. The predicted octanol–water partition coefficient (Wildman–Crippen LogP) is 5.08. The third-order valence-electron chi connectivity index (χ3n) is 5.37. The molecule has 1 heterocycles. The number of aryl methyl sites for hydroxylation is 1. The molecule has 0 radical (unpaired) electrons. The van der Waals surface area contributed by atoms with E-state index in [1.165, 1.54) is 18.4 Å². The van der Waals surface area contributed by atoms with Crippen LogP contribution in [0.1, 0.15) is 56.5 Å². The lowest BCUT2D eigenvalue weighted by Crippen LogP contribution is -2.37. The van der Waals surface area contributed by atoms with Crippen molar-refractivity contribution in [2.45, 2.75) is 53.1 Å². The van der Waals surface area contributed by atoms with E-state index in [1.54, 1.807) is 26.8 Å². The number of aromatic hydroxyl groups is 1. The molecular weight excluding hydrogens is 419 g/mol. The van der Waals surface area contributed by atoms with Gasteiger partial charge in [0.15, 0.2) is 11.6 Å². The Bertz CT molecular complexity index is 1010. The van der Waals surface area contributed by atoms with Crippen LogP contribution in [0, 0.1) is 12.3 Å². The lowest BCUT2D eigenvalue weighted by molar-refractivity contribution is -0.118. The van der Waals surface area contributed by atoms with E-state index in [9.17, 15) is 19.3 Å². The number of phenols is 1. The van der Waals surface area contributed by atoms with Gasteiger partial charge in [0.25, 0.3) is 0 Å². The number of ether oxygens (including phenoxy) is 1. The molecule has 1 unspecified atom stereocenters. The molecule has 1 aliphatic heterocycles. The van der Waals surface area contributed by atoms with Gasteiger partial charge >= 0.3 is 7.60 Å². The molecule has 31 heavy (non-hydrogen) atoms. The van der Waals surface area contributed by atoms with Crippen molar-refractivity contribution in [1.29, 1.82) is 0 Å². The monoisotopic (exact) mass is 448 g/mol. The van der Waals surface area contributed by atoms with Gasteiger partial charge in [0.05, 0.1) is 36.2 Å². The lowest BCUT2D eigenvalue weighted by atomic mass is 9.74. The second-order valence-corrected chi connectivity index (χ2v) is 10.7. The van der Waals surface area contributed by atoms with E-state index in [0.29, 0.717) is 12.2 Å². The van der Waals surface area contributed by atoms with Gasteiger partial charge in [-0.1, -0.05) is 25.5 Å². The highest BCUT2D eigenvalue weighted by Crippen LogP contribution is 2.61. The van der Waals surface area contributed by atoms with Crippen LogP contribution in [-0.2, 0) is 23.1 Å². The summed E-state index contributed by atoms with van der Waals surface area (Å²) in [7, 11) is -3.95. The number of carbonyl (C=O) groups is 2. The number of allylic oxidation sites excluding steroid dienone is 3. The molecule has 2 aliphatic rings. The van der Waals surface area contributed by atoms with Gasteiger partial charge in [0, 0.05) is 12.8 Å². The second-order valence-electron chi connectivity index (χ2n) is 8.60. The van der Waals surface area contributed by atoms with Crippen molar-refractivity contribution < 1.29 is 33.0 Å². The predicted molar refractivity (Wildman–Crippen MR) is 116 cm³/mol. The van der Waals surface area contributed by atoms with E-state index in [2.05, 4.69) is 0 Å². The van der Waals surface area contributed by atoms with Crippen molar-refractivity contribution >= 4 is 19.2 Å². The number of Topliss-reactive ketones (excluding diaryl/α,β-unsaturated/α-hetero) is 2. The fraction of sp³-hybridized carbons (Fsp3) is 0.478. The summed E-state index contributed by atoms with van der Waals surface area (Å²) in [6.07, 6.45) is 1.91. The van der Waals surface area contributed by atoms with Crippen molar-refractivity contribution in [3.63, 3.8) is 0 Å². The van der Waals surface area contributed by atoms with Gasteiger partial charge < -0.3 is 18.9 Å². The molecule has 0 spiro atoms. The molecule has 1 N–H and O–H groups in total. The van der Waals surface area contributed by atoms with Gasteiger partial charge in [-0.2, -0.15) is 0 Å². The average Bonchev–Trinajstić information content (AvgIpc) is 2.68. The lowest BCUT2D eigenvalue weighted by Gasteiger charge is -2.38. The molecular formula is C23H29O7P. The number of rotatable bonds is 7. The largest absolute Gasteiger partial charge is 0.507 e. The smallest absolute Gasteiger partial charge is 0.342 e. The van der Waals surface area contributed by atoms with Crippen LogP contribution in [0.3, 0.4) is 0 Å². The highest BCUT2D eigenvalue weighted by Gasteiger charge is 2.51. The summed E-state index contributed by atoms with van der Waals surface area (Å²) in [5.41, 5.74) is -0.603. The van der Waals surface area contributed by atoms with Gasteiger partial charge in [-0.15, -0.1) is 0 Å². The Balaban J connectivity index is 2.18. The Kier molecular flexibility index (Phi) is 6.61. The summed E-state index contributed by atoms with van der Waals surface area (Å²) in [5.74, 6) is -0.664. The maximum absolute atomic E-state index is 13.9. The molecule has 1 aromatic rings. The highest BCUT2D eigenvalue weighted by atomic mass is 31.2. The van der Waals surface area contributed by atoms with Gasteiger partial charge in [0.1, 0.15) is 17.2 Å². The number of ketones is 2. The Labute approximate surface area is 182 Å². The van der Waals surface area contributed by atoms with Crippen LogP contribution in [0.5, 0.6) is 5.75 Å². The molecule has 0 amide bonds. The highest BCUT2D eigenvalue weighted by molar-refractivity contribution is 7.55. The summed E-state index contributed by atoms with van der Waals surface area (Å²) < 4.78 is 30.8. The van der Waals surface area contributed by atoms with Crippen molar-refractivity contribution in [2.75, 3.05) is 13.2 Å². The number of benzene rings is 1. The first-order valence-corrected chi connectivity index (χ1v) is 12.0. The van der Waals surface area contributed by atoms with Crippen LogP contribution >= 0.6 is 7.60 Å². The molecule has 3 rings (SSSR count). The molecule has 1 aromatic carbocycles. The molecule has 1 aliphatic carbocycles. The molecule has 0 saturated carbocycles. The summed E-state index contributed by atoms with van der Waals surface area (Å²) >= 11 is 0. The van der Waals surface area contributed by atoms with Crippen molar-refractivity contribution in [3.05, 3.63) is 52.5 Å². The Morgan fingerprint density at radius 2 is 1.87 bits per heavy atom. The van der Waals surface area contributed by atoms with E-state index in [-0.39, 0.29) is 53.3 Å². The zero-order valence-electron chi connectivity index (χ0n) is 18.6. The zero-order valence-corrected chi connectivity index (χ0v) is 19.5. The van der Waals surface area contributed by atoms with E-state index >= 15 is 0 Å². The Morgan fingerprint density at radius 1 is 1.23 bits per heavy atom. The molecule has 8 heteroatoms. The minimum absolute atomic E-state index is 0.0297. The van der Waals surface area contributed by atoms with Crippen LogP contribution in [0.15, 0.2) is 41.4 Å². The van der Waals surface area contributed by atoms with Gasteiger partial charge in [0.2, 0.25) is 0 Å². The Hall–Kier alpha value is -2.21. The molecule has 1 atom stereocenters. The minimum atomic E-state index is -3.95. The third-order valence-corrected chi connectivity index (χ3v) is 7.77. The molecule has 0 bridgehead atoms. The fourth-order valence-corrected chi connectivity index (χ4v) is 6.30. The molecule has 0 saturated heterocycles. The maximum Gasteiger partial charge on any atom is 0.342 e. The minimum Gasteiger partial charge on any atom is -0.507 e. The summed E-state index contributed by atoms with van der Waals surface area (Å²) in [4.78, 5) is 26.6. The SMILES string of the molecule is CCOP(=O)(OCC)C1C(C(=O)c2cc(C)ccc2O)=COC2=C1C(=O)CC(C)(C)C2. The number of hydrogen-bond donors (Lipinski definition) is 1. The van der Waals surface area contributed by atoms with Crippen molar-refractivity contribution in [2.24, 2.45) is 5.41 Å². The average molecular weight is 448 g/mol. The summed E-state index contributed by atoms with van der Waals surface area (Å²) in [6.45, 7) is 9.19. The van der Waals surface area contributed by atoms with Crippen LogP contribution in [0.25, 0.3) is 0 Å². The van der Waals surface area contributed by atoms with E-state index in [0.717, 1.165) is 5.56 Å².